The lowest BCUT2D eigenvalue weighted by Gasteiger charge is -2.23. The zero-order valence-electron chi connectivity index (χ0n) is 11.8. The number of hydrogen-bond donors (Lipinski definition) is 0. The molecule has 0 aromatic carbocycles. The average Bonchev–Trinajstić information content (AvgIpc) is 2.76. The molecule has 1 saturated heterocycles. The molecule has 108 valence electrons. The maximum Gasteiger partial charge on any atom is 0.160 e. The van der Waals surface area contributed by atoms with E-state index in [9.17, 15) is 8.42 Å². The molecule has 1 unspecified atom stereocenters. The van der Waals surface area contributed by atoms with Gasteiger partial charge in [-0.15, -0.1) is 0 Å². The summed E-state index contributed by atoms with van der Waals surface area (Å²) in [5, 5.41) is -0.479. The number of pyridine rings is 1. The lowest BCUT2D eigenvalue weighted by Crippen LogP contribution is -2.25. The Balaban J connectivity index is 2.22. The minimum Gasteiger partial charge on any atom is -0.309 e. The zero-order chi connectivity index (χ0) is 14.3. The van der Waals surface area contributed by atoms with Crippen molar-refractivity contribution in [3.63, 3.8) is 0 Å². The Morgan fingerprint density at radius 2 is 2.15 bits per heavy atom. The van der Waals surface area contributed by atoms with Crippen LogP contribution < -0.4 is 0 Å². The van der Waals surface area contributed by atoms with Crippen LogP contribution in [-0.4, -0.2) is 28.7 Å². The molecule has 0 bridgehead atoms. The van der Waals surface area contributed by atoms with Crippen molar-refractivity contribution in [3.05, 3.63) is 24.2 Å². The standard InChI is InChI=1S/C14H19N3O2S/c1-10(2)17-13-11(6-5-8-15-13)16-14(17)12-7-3-4-9-20(12,18)19/h5-6,8,10,12H,3-4,7,9H2,1-2H3. The van der Waals surface area contributed by atoms with E-state index in [4.69, 9.17) is 0 Å². The van der Waals surface area contributed by atoms with Crippen molar-refractivity contribution in [2.45, 2.75) is 44.4 Å². The Morgan fingerprint density at radius 3 is 2.85 bits per heavy atom. The van der Waals surface area contributed by atoms with Crippen LogP contribution in [0.25, 0.3) is 11.2 Å². The number of nitrogens with zero attached hydrogens (tertiary/aromatic N) is 3. The normalized spacial score (nSPS) is 22.4. The predicted molar refractivity (Wildman–Crippen MR) is 78.3 cm³/mol. The summed E-state index contributed by atoms with van der Waals surface area (Å²) in [4.78, 5) is 8.95. The maximum atomic E-state index is 12.4. The molecule has 0 spiro atoms. The lowest BCUT2D eigenvalue weighted by atomic mass is 10.2. The van der Waals surface area contributed by atoms with E-state index >= 15 is 0 Å². The van der Waals surface area contributed by atoms with Crippen molar-refractivity contribution in [2.75, 3.05) is 5.75 Å². The second-order valence-corrected chi connectivity index (χ2v) is 7.93. The van der Waals surface area contributed by atoms with E-state index in [1.165, 1.54) is 0 Å². The van der Waals surface area contributed by atoms with Gasteiger partial charge in [-0.3, -0.25) is 0 Å². The molecule has 1 atom stereocenters. The van der Waals surface area contributed by atoms with Crippen molar-refractivity contribution < 1.29 is 8.42 Å². The summed E-state index contributed by atoms with van der Waals surface area (Å²) < 4.78 is 26.7. The van der Waals surface area contributed by atoms with E-state index in [-0.39, 0.29) is 11.8 Å². The molecule has 1 fully saturated rings. The smallest absolute Gasteiger partial charge is 0.160 e. The van der Waals surface area contributed by atoms with Gasteiger partial charge in [-0.25, -0.2) is 18.4 Å². The number of imidazole rings is 1. The fourth-order valence-corrected chi connectivity index (χ4v) is 4.83. The fourth-order valence-electron chi connectivity index (χ4n) is 2.93. The van der Waals surface area contributed by atoms with E-state index < -0.39 is 15.1 Å². The SMILES string of the molecule is CC(C)n1c(C2CCCCS2(=O)=O)nc2cccnc21. The van der Waals surface area contributed by atoms with Gasteiger partial charge in [-0.2, -0.15) is 0 Å². The zero-order valence-corrected chi connectivity index (χ0v) is 12.6. The molecule has 5 nitrogen and oxygen atoms in total. The van der Waals surface area contributed by atoms with Crippen LogP contribution in [0.15, 0.2) is 18.3 Å². The summed E-state index contributed by atoms with van der Waals surface area (Å²) in [5.41, 5.74) is 1.55. The van der Waals surface area contributed by atoms with Crippen molar-refractivity contribution in [1.29, 1.82) is 0 Å². The van der Waals surface area contributed by atoms with Gasteiger partial charge in [0.15, 0.2) is 15.5 Å². The topological polar surface area (TPSA) is 64.8 Å². The summed E-state index contributed by atoms with van der Waals surface area (Å²) in [6.45, 7) is 4.07. The molecule has 0 saturated carbocycles. The number of hydrogen-bond acceptors (Lipinski definition) is 4. The molecule has 1 aliphatic heterocycles. The highest BCUT2D eigenvalue weighted by Gasteiger charge is 2.35. The third-order valence-electron chi connectivity index (χ3n) is 3.86. The highest BCUT2D eigenvalue weighted by Crippen LogP contribution is 2.35. The van der Waals surface area contributed by atoms with Crippen LogP contribution in [0.5, 0.6) is 0 Å². The number of rotatable bonds is 2. The minimum atomic E-state index is -3.09. The van der Waals surface area contributed by atoms with Crippen LogP contribution in [0.1, 0.15) is 50.2 Å². The second-order valence-electron chi connectivity index (χ2n) is 5.63. The van der Waals surface area contributed by atoms with Crippen LogP contribution in [0.2, 0.25) is 0 Å². The number of fused-ring (bicyclic) bond motifs is 1. The molecule has 0 amide bonds. The molecule has 3 rings (SSSR count). The van der Waals surface area contributed by atoms with Gasteiger partial charge in [-0.05, 0) is 38.8 Å². The molecule has 1 aliphatic rings. The fraction of sp³-hybridized carbons (Fsp3) is 0.571. The quantitative estimate of drug-likeness (QED) is 0.854. The molecule has 2 aromatic heterocycles. The molecular formula is C14H19N3O2S. The molecule has 20 heavy (non-hydrogen) atoms. The first kappa shape index (κ1) is 13.5. The molecule has 3 heterocycles. The van der Waals surface area contributed by atoms with Gasteiger partial charge in [0.05, 0.1) is 5.75 Å². The van der Waals surface area contributed by atoms with E-state index in [1.54, 1.807) is 6.20 Å². The van der Waals surface area contributed by atoms with Crippen molar-refractivity contribution >= 4 is 21.0 Å². The highest BCUT2D eigenvalue weighted by molar-refractivity contribution is 7.91. The van der Waals surface area contributed by atoms with Crippen LogP contribution in [-0.2, 0) is 9.84 Å². The Kier molecular flexibility index (Phi) is 3.28. The van der Waals surface area contributed by atoms with Crippen molar-refractivity contribution in [2.24, 2.45) is 0 Å². The van der Waals surface area contributed by atoms with Crippen LogP contribution >= 0.6 is 0 Å². The van der Waals surface area contributed by atoms with Gasteiger partial charge < -0.3 is 4.57 Å². The number of sulfone groups is 1. The molecule has 6 heteroatoms. The van der Waals surface area contributed by atoms with Crippen LogP contribution in [0, 0.1) is 0 Å². The third kappa shape index (κ3) is 2.12. The summed E-state index contributed by atoms with van der Waals surface area (Å²) in [6, 6.07) is 3.86. The van der Waals surface area contributed by atoms with Gasteiger partial charge >= 0.3 is 0 Å². The first-order valence-electron chi connectivity index (χ1n) is 7.05. The van der Waals surface area contributed by atoms with Crippen LogP contribution in [0.3, 0.4) is 0 Å². The number of aromatic nitrogens is 3. The molecule has 0 aliphatic carbocycles. The third-order valence-corrected chi connectivity index (χ3v) is 6.03. The van der Waals surface area contributed by atoms with Crippen molar-refractivity contribution in [3.8, 4) is 0 Å². The van der Waals surface area contributed by atoms with Gasteiger partial charge in [0, 0.05) is 12.2 Å². The molecule has 0 N–H and O–H groups in total. The Morgan fingerprint density at radius 1 is 1.35 bits per heavy atom. The molecule has 2 aromatic rings. The highest BCUT2D eigenvalue weighted by atomic mass is 32.2. The first-order chi connectivity index (χ1) is 9.50. The van der Waals surface area contributed by atoms with E-state index in [0.29, 0.717) is 12.2 Å². The molecular weight excluding hydrogens is 274 g/mol. The summed E-state index contributed by atoms with van der Waals surface area (Å²) in [5.74, 6) is 0.931. The summed E-state index contributed by atoms with van der Waals surface area (Å²) in [7, 11) is -3.09. The monoisotopic (exact) mass is 293 g/mol. The van der Waals surface area contributed by atoms with E-state index in [2.05, 4.69) is 9.97 Å². The molecule has 0 radical (unpaired) electrons. The van der Waals surface area contributed by atoms with E-state index in [0.717, 1.165) is 24.0 Å². The van der Waals surface area contributed by atoms with E-state index in [1.807, 2.05) is 30.5 Å². The summed E-state index contributed by atoms with van der Waals surface area (Å²) >= 11 is 0. The van der Waals surface area contributed by atoms with Gasteiger partial charge in [-0.1, -0.05) is 6.42 Å². The Hall–Kier alpha value is -1.43. The first-order valence-corrected chi connectivity index (χ1v) is 8.76. The Labute approximate surface area is 119 Å². The van der Waals surface area contributed by atoms with Gasteiger partial charge in [0.2, 0.25) is 0 Å². The second kappa shape index (κ2) is 4.84. The van der Waals surface area contributed by atoms with Gasteiger partial charge in [0.1, 0.15) is 16.6 Å². The maximum absolute atomic E-state index is 12.4. The largest absolute Gasteiger partial charge is 0.309 e. The van der Waals surface area contributed by atoms with Gasteiger partial charge in [0.25, 0.3) is 0 Å². The minimum absolute atomic E-state index is 0.141. The van der Waals surface area contributed by atoms with Crippen LogP contribution in [0.4, 0.5) is 0 Å². The average molecular weight is 293 g/mol. The van der Waals surface area contributed by atoms with Crippen molar-refractivity contribution in [1.82, 2.24) is 14.5 Å². The lowest BCUT2D eigenvalue weighted by molar-refractivity contribution is 0.512. The Bertz CT molecular complexity index is 734. The predicted octanol–water partition coefficient (Wildman–Crippen LogP) is 2.65. The summed E-state index contributed by atoms with van der Waals surface area (Å²) in [6.07, 6.45) is 4.10.